The van der Waals surface area contributed by atoms with Crippen molar-refractivity contribution in [2.75, 3.05) is 47.0 Å². The van der Waals surface area contributed by atoms with E-state index in [0.717, 1.165) is 32.7 Å². The molecule has 0 saturated carbocycles. The molecule has 0 aliphatic carbocycles. The van der Waals surface area contributed by atoms with Gasteiger partial charge in [0.2, 0.25) is 0 Å². The molecule has 2 atom stereocenters. The number of hydrogen-bond donors (Lipinski definition) is 2. The van der Waals surface area contributed by atoms with Gasteiger partial charge in [-0.25, -0.2) is 0 Å². The predicted octanol–water partition coefficient (Wildman–Crippen LogP) is 0.705. The molecule has 4 heteroatoms. The van der Waals surface area contributed by atoms with E-state index in [0.29, 0.717) is 5.92 Å². The van der Waals surface area contributed by atoms with Crippen LogP contribution < -0.4 is 5.32 Å². The van der Waals surface area contributed by atoms with E-state index in [9.17, 15) is 5.11 Å². The van der Waals surface area contributed by atoms with Crippen LogP contribution in [0.3, 0.4) is 0 Å². The van der Waals surface area contributed by atoms with Crippen LogP contribution in [0.2, 0.25) is 0 Å². The molecular formula is C13H28N2O2. The lowest BCUT2D eigenvalue weighted by Crippen LogP contribution is -2.46. The summed E-state index contributed by atoms with van der Waals surface area (Å²) in [6, 6.07) is 0. The molecule has 0 spiro atoms. The second kappa shape index (κ2) is 7.31. The number of hydrogen-bond acceptors (Lipinski definition) is 4. The second-order valence-electron chi connectivity index (χ2n) is 5.56. The summed E-state index contributed by atoms with van der Waals surface area (Å²) in [6.07, 6.45) is 3.45. The average molecular weight is 244 g/mol. The summed E-state index contributed by atoms with van der Waals surface area (Å²) >= 11 is 0. The quantitative estimate of drug-likeness (QED) is 0.692. The summed E-state index contributed by atoms with van der Waals surface area (Å²) in [5.74, 6) is 0.684. The summed E-state index contributed by atoms with van der Waals surface area (Å²) in [7, 11) is 4.06. The molecule has 2 N–H and O–H groups in total. The summed E-state index contributed by atoms with van der Waals surface area (Å²) < 4.78 is 5.49. The van der Waals surface area contributed by atoms with Crippen LogP contribution in [0.1, 0.15) is 26.2 Å². The molecule has 0 aromatic heterocycles. The molecule has 1 rings (SSSR count). The highest BCUT2D eigenvalue weighted by molar-refractivity contribution is 4.81. The third-order valence-electron chi connectivity index (χ3n) is 3.82. The van der Waals surface area contributed by atoms with Gasteiger partial charge in [-0.3, -0.25) is 0 Å². The van der Waals surface area contributed by atoms with E-state index in [4.69, 9.17) is 4.74 Å². The van der Waals surface area contributed by atoms with Gasteiger partial charge in [-0.1, -0.05) is 0 Å². The number of nitrogens with one attached hydrogen (secondary N) is 1. The van der Waals surface area contributed by atoms with Crippen molar-refractivity contribution >= 4 is 0 Å². The molecule has 0 amide bonds. The van der Waals surface area contributed by atoms with Gasteiger partial charge in [0.25, 0.3) is 0 Å². The number of aliphatic hydroxyl groups excluding tert-OH is 1. The minimum absolute atomic E-state index is 0.155. The van der Waals surface area contributed by atoms with Gasteiger partial charge in [0.15, 0.2) is 0 Å². The van der Waals surface area contributed by atoms with Crippen molar-refractivity contribution in [1.29, 1.82) is 0 Å². The molecule has 1 heterocycles. The van der Waals surface area contributed by atoms with Crippen molar-refractivity contribution in [3.63, 3.8) is 0 Å². The minimum Gasteiger partial charge on any atom is -0.394 e. The topological polar surface area (TPSA) is 44.7 Å². The number of nitrogens with zero attached hydrogens (tertiary/aromatic N) is 1. The van der Waals surface area contributed by atoms with Crippen LogP contribution in [0.5, 0.6) is 0 Å². The normalized spacial score (nSPS) is 24.9. The Morgan fingerprint density at radius 2 is 2.29 bits per heavy atom. The first-order valence-electron chi connectivity index (χ1n) is 6.66. The molecule has 1 aliphatic heterocycles. The van der Waals surface area contributed by atoms with E-state index in [-0.39, 0.29) is 12.1 Å². The third kappa shape index (κ3) is 5.34. The third-order valence-corrected chi connectivity index (χ3v) is 3.82. The molecular weight excluding hydrogens is 216 g/mol. The monoisotopic (exact) mass is 244 g/mol. The summed E-state index contributed by atoms with van der Waals surface area (Å²) in [6.45, 7) is 6.20. The van der Waals surface area contributed by atoms with Crippen molar-refractivity contribution in [3.8, 4) is 0 Å². The second-order valence-corrected chi connectivity index (χ2v) is 5.56. The predicted molar refractivity (Wildman–Crippen MR) is 70.2 cm³/mol. The molecule has 0 bridgehead atoms. The Balaban J connectivity index is 2.21. The Bertz CT molecular complexity index is 202. The lowest BCUT2D eigenvalue weighted by Gasteiger charge is -2.31. The maximum Gasteiger partial charge on any atom is 0.0610 e. The van der Waals surface area contributed by atoms with Gasteiger partial charge in [-0.2, -0.15) is 0 Å². The van der Waals surface area contributed by atoms with E-state index in [1.807, 2.05) is 7.05 Å². The summed E-state index contributed by atoms with van der Waals surface area (Å²) in [5.41, 5.74) is -0.155. The van der Waals surface area contributed by atoms with E-state index >= 15 is 0 Å². The molecule has 2 unspecified atom stereocenters. The van der Waals surface area contributed by atoms with Crippen molar-refractivity contribution in [2.45, 2.75) is 31.7 Å². The van der Waals surface area contributed by atoms with Gasteiger partial charge in [0.05, 0.1) is 13.2 Å². The smallest absolute Gasteiger partial charge is 0.0610 e. The molecule has 0 aromatic carbocycles. The first-order valence-corrected chi connectivity index (χ1v) is 6.66. The maximum absolute atomic E-state index is 9.32. The standard InChI is InChI=1S/C13H28N2O2/c1-13(11-16,14-2)6-7-15(3)9-12-5-4-8-17-10-12/h12,14,16H,4-11H2,1-3H3. The van der Waals surface area contributed by atoms with Gasteiger partial charge >= 0.3 is 0 Å². The first-order chi connectivity index (χ1) is 8.09. The zero-order valence-corrected chi connectivity index (χ0v) is 11.5. The highest BCUT2D eigenvalue weighted by atomic mass is 16.5. The van der Waals surface area contributed by atoms with E-state index in [2.05, 4.69) is 24.2 Å². The SMILES string of the molecule is CNC(C)(CO)CCN(C)CC1CCCOC1. The largest absolute Gasteiger partial charge is 0.394 e. The Kier molecular flexibility index (Phi) is 6.41. The lowest BCUT2D eigenvalue weighted by atomic mass is 9.98. The number of aliphatic hydroxyl groups is 1. The van der Waals surface area contributed by atoms with Gasteiger partial charge in [-0.05, 0) is 52.7 Å². The molecule has 1 saturated heterocycles. The Morgan fingerprint density at radius 3 is 2.82 bits per heavy atom. The van der Waals surface area contributed by atoms with E-state index in [1.54, 1.807) is 0 Å². The fourth-order valence-electron chi connectivity index (χ4n) is 2.20. The molecule has 17 heavy (non-hydrogen) atoms. The van der Waals surface area contributed by atoms with Crippen molar-refractivity contribution in [1.82, 2.24) is 10.2 Å². The molecule has 0 aromatic rings. The number of likely N-dealkylation sites (N-methyl/N-ethyl adjacent to an activating group) is 1. The Labute approximate surface area is 105 Å². The maximum atomic E-state index is 9.32. The van der Waals surface area contributed by atoms with E-state index < -0.39 is 0 Å². The first kappa shape index (κ1) is 14.9. The molecule has 102 valence electrons. The van der Waals surface area contributed by atoms with Gasteiger partial charge in [0, 0.05) is 18.7 Å². The fourth-order valence-corrected chi connectivity index (χ4v) is 2.20. The Morgan fingerprint density at radius 1 is 1.53 bits per heavy atom. The molecule has 0 radical (unpaired) electrons. The van der Waals surface area contributed by atoms with Crippen LogP contribution in [0.15, 0.2) is 0 Å². The van der Waals surface area contributed by atoms with Crippen LogP contribution in [0.25, 0.3) is 0 Å². The van der Waals surface area contributed by atoms with Crippen LogP contribution >= 0.6 is 0 Å². The number of rotatable bonds is 7. The Hall–Kier alpha value is -0.160. The fraction of sp³-hybridized carbons (Fsp3) is 1.00. The number of ether oxygens (including phenoxy) is 1. The van der Waals surface area contributed by atoms with Crippen LogP contribution in [-0.2, 0) is 4.74 Å². The zero-order valence-electron chi connectivity index (χ0n) is 11.5. The van der Waals surface area contributed by atoms with Gasteiger partial charge in [0.1, 0.15) is 0 Å². The minimum atomic E-state index is -0.155. The zero-order chi connectivity index (χ0) is 12.7. The van der Waals surface area contributed by atoms with Crippen molar-refractivity contribution in [3.05, 3.63) is 0 Å². The summed E-state index contributed by atoms with van der Waals surface area (Å²) in [4.78, 5) is 2.35. The summed E-state index contributed by atoms with van der Waals surface area (Å²) in [5, 5.41) is 12.5. The van der Waals surface area contributed by atoms with E-state index in [1.165, 1.54) is 12.8 Å². The average Bonchev–Trinajstić information content (AvgIpc) is 2.37. The van der Waals surface area contributed by atoms with Crippen molar-refractivity contribution < 1.29 is 9.84 Å². The van der Waals surface area contributed by atoms with Gasteiger partial charge in [-0.15, -0.1) is 0 Å². The van der Waals surface area contributed by atoms with Crippen molar-refractivity contribution in [2.24, 2.45) is 5.92 Å². The lowest BCUT2D eigenvalue weighted by molar-refractivity contribution is 0.0404. The molecule has 1 aliphatic rings. The van der Waals surface area contributed by atoms with Crippen LogP contribution in [0, 0.1) is 5.92 Å². The van der Waals surface area contributed by atoms with Crippen LogP contribution in [0.4, 0.5) is 0 Å². The van der Waals surface area contributed by atoms with Gasteiger partial charge < -0.3 is 20.1 Å². The highest BCUT2D eigenvalue weighted by Gasteiger charge is 2.22. The molecule has 4 nitrogen and oxygen atoms in total. The van der Waals surface area contributed by atoms with Crippen LogP contribution in [-0.4, -0.2) is 62.6 Å². The highest BCUT2D eigenvalue weighted by Crippen LogP contribution is 2.15. The molecule has 1 fully saturated rings.